The third kappa shape index (κ3) is 9.45. The van der Waals surface area contributed by atoms with Crippen molar-refractivity contribution in [2.45, 2.75) is 39.0 Å². The summed E-state index contributed by atoms with van der Waals surface area (Å²) >= 11 is 0. The molecule has 0 aliphatic carbocycles. The van der Waals surface area contributed by atoms with Crippen molar-refractivity contribution < 1.29 is 24.2 Å². The number of unbranched alkanes of at least 4 members (excludes halogenated alkanes) is 1. The molecule has 5 heteroatoms. The van der Waals surface area contributed by atoms with Crippen LogP contribution in [0.3, 0.4) is 0 Å². The van der Waals surface area contributed by atoms with E-state index in [-0.39, 0.29) is 31.6 Å². The van der Waals surface area contributed by atoms with Gasteiger partial charge in [-0.05, 0) is 19.3 Å². The number of hydrogen-bond acceptors (Lipinski definition) is 5. The molecule has 0 aromatic rings. The zero-order valence-corrected chi connectivity index (χ0v) is 9.74. The molecule has 0 aromatic heterocycles. The Kier molecular flexibility index (Phi) is 9.70. The van der Waals surface area contributed by atoms with Gasteiger partial charge in [0.05, 0.1) is 13.2 Å². The number of hydrogen-bond donors (Lipinski definition) is 1. The Morgan fingerprint density at radius 1 is 1.00 bits per heavy atom. The number of rotatable bonds is 9. The van der Waals surface area contributed by atoms with Crippen molar-refractivity contribution >= 4 is 11.9 Å². The molecule has 0 heterocycles. The van der Waals surface area contributed by atoms with Crippen LogP contribution in [0.2, 0.25) is 0 Å². The SMILES string of the molecule is CCCOC(=O)CCCCC(=O)OCCO. The van der Waals surface area contributed by atoms with Gasteiger partial charge in [-0.3, -0.25) is 9.59 Å². The van der Waals surface area contributed by atoms with E-state index in [2.05, 4.69) is 4.74 Å². The molecule has 1 N–H and O–H groups in total. The quantitative estimate of drug-likeness (QED) is 0.475. The molecule has 0 bridgehead atoms. The molecule has 0 saturated carbocycles. The van der Waals surface area contributed by atoms with E-state index < -0.39 is 0 Å². The monoisotopic (exact) mass is 232 g/mol. The normalized spacial score (nSPS) is 9.88. The number of aliphatic hydroxyl groups is 1. The molecule has 0 unspecified atom stereocenters. The van der Waals surface area contributed by atoms with Crippen LogP contribution in [0.5, 0.6) is 0 Å². The highest BCUT2D eigenvalue weighted by Gasteiger charge is 2.05. The minimum atomic E-state index is -0.337. The summed E-state index contributed by atoms with van der Waals surface area (Å²) in [5.41, 5.74) is 0. The van der Waals surface area contributed by atoms with Crippen LogP contribution >= 0.6 is 0 Å². The zero-order valence-electron chi connectivity index (χ0n) is 9.74. The Morgan fingerprint density at radius 2 is 1.50 bits per heavy atom. The number of esters is 2. The minimum absolute atomic E-state index is 0.0391. The average Bonchev–Trinajstić information content (AvgIpc) is 2.29. The molecule has 0 rings (SSSR count). The lowest BCUT2D eigenvalue weighted by Crippen LogP contribution is -2.09. The standard InChI is InChI=1S/C11H20O5/c1-2-8-15-10(13)5-3-4-6-11(14)16-9-7-12/h12H,2-9H2,1H3. The molecule has 0 spiro atoms. The van der Waals surface area contributed by atoms with Crippen molar-refractivity contribution in [2.24, 2.45) is 0 Å². The second-order valence-corrected chi connectivity index (χ2v) is 3.37. The first kappa shape index (κ1) is 14.9. The van der Waals surface area contributed by atoms with E-state index in [1.807, 2.05) is 6.92 Å². The van der Waals surface area contributed by atoms with Crippen molar-refractivity contribution in [1.29, 1.82) is 0 Å². The molecule has 0 saturated heterocycles. The molecule has 94 valence electrons. The van der Waals surface area contributed by atoms with E-state index in [4.69, 9.17) is 9.84 Å². The number of ether oxygens (including phenoxy) is 2. The molecule has 16 heavy (non-hydrogen) atoms. The van der Waals surface area contributed by atoms with Crippen molar-refractivity contribution in [1.82, 2.24) is 0 Å². The first-order chi connectivity index (χ1) is 7.70. The molecule has 0 amide bonds. The molecule has 5 nitrogen and oxygen atoms in total. The van der Waals surface area contributed by atoms with Crippen molar-refractivity contribution in [3.63, 3.8) is 0 Å². The van der Waals surface area contributed by atoms with Crippen molar-refractivity contribution in [3.05, 3.63) is 0 Å². The fourth-order valence-electron chi connectivity index (χ4n) is 1.06. The first-order valence-corrected chi connectivity index (χ1v) is 5.62. The molecule has 0 aliphatic rings. The van der Waals surface area contributed by atoms with E-state index >= 15 is 0 Å². The minimum Gasteiger partial charge on any atom is -0.466 e. The maximum Gasteiger partial charge on any atom is 0.305 e. The van der Waals surface area contributed by atoms with Crippen LogP contribution in [-0.4, -0.2) is 36.9 Å². The molecule has 0 fully saturated rings. The third-order valence-corrected chi connectivity index (χ3v) is 1.83. The first-order valence-electron chi connectivity index (χ1n) is 5.62. The lowest BCUT2D eigenvalue weighted by molar-refractivity contribution is -0.146. The highest BCUT2D eigenvalue weighted by molar-refractivity contribution is 5.70. The Labute approximate surface area is 95.7 Å². The fraction of sp³-hybridized carbons (Fsp3) is 0.818. The number of aliphatic hydroxyl groups excluding tert-OH is 1. The van der Waals surface area contributed by atoms with Gasteiger partial charge in [-0.2, -0.15) is 0 Å². The highest BCUT2D eigenvalue weighted by atomic mass is 16.5. The van der Waals surface area contributed by atoms with Crippen LogP contribution in [0, 0.1) is 0 Å². The highest BCUT2D eigenvalue weighted by Crippen LogP contribution is 2.03. The van der Waals surface area contributed by atoms with Gasteiger partial charge in [-0.1, -0.05) is 6.92 Å². The lowest BCUT2D eigenvalue weighted by atomic mass is 10.2. The van der Waals surface area contributed by atoms with Gasteiger partial charge in [0.25, 0.3) is 0 Å². The van der Waals surface area contributed by atoms with E-state index in [0.29, 0.717) is 25.9 Å². The van der Waals surface area contributed by atoms with E-state index in [1.165, 1.54) is 0 Å². The molecule has 0 aliphatic heterocycles. The van der Waals surface area contributed by atoms with Gasteiger partial charge in [0.15, 0.2) is 0 Å². The lowest BCUT2D eigenvalue weighted by Gasteiger charge is -2.03. The molecular formula is C11H20O5. The van der Waals surface area contributed by atoms with Gasteiger partial charge in [0.2, 0.25) is 0 Å². The molecule has 0 aromatic carbocycles. The van der Waals surface area contributed by atoms with Crippen molar-refractivity contribution in [3.8, 4) is 0 Å². The maximum atomic E-state index is 11.0. The Bertz CT molecular complexity index is 181. The van der Waals surface area contributed by atoms with Crippen molar-refractivity contribution in [2.75, 3.05) is 19.8 Å². The number of carbonyl (C=O) groups excluding carboxylic acids is 2. The smallest absolute Gasteiger partial charge is 0.305 e. The van der Waals surface area contributed by atoms with E-state index in [1.54, 1.807) is 0 Å². The summed E-state index contributed by atoms with van der Waals surface area (Å²) in [5, 5.41) is 8.40. The Hall–Kier alpha value is -1.10. The van der Waals surface area contributed by atoms with Gasteiger partial charge in [-0.15, -0.1) is 0 Å². The van der Waals surface area contributed by atoms with Crippen LogP contribution < -0.4 is 0 Å². The Morgan fingerprint density at radius 3 is 1.94 bits per heavy atom. The second kappa shape index (κ2) is 10.4. The van der Waals surface area contributed by atoms with E-state index in [9.17, 15) is 9.59 Å². The van der Waals surface area contributed by atoms with Crippen LogP contribution in [-0.2, 0) is 19.1 Å². The van der Waals surface area contributed by atoms with Crippen LogP contribution in [0.15, 0.2) is 0 Å². The van der Waals surface area contributed by atoms with Gasteiger partial charge in [-0.25, -0.2) is 0 Å². The second-order valence-electron chi connectivity index (χ2n) is 3.37. The topological polar surface area (TPSA) is 72.8 Å². The van der Waals surface area contributed by atoms with Crippen LogP contribution in [0.1, 0.15) is 39.0 Å². The summed E-state index contributed by atoms with van der Waals surface area (Å²) < 4.78 is 9.53. The van der Waals surface area contributed by atoms with Gasteiger partial charge in [0.1, 0.15) is 6.61 Å². The van der Waals surface area contributed by atoms with Gasteiger partial charge >= 0.3 is 11.9 Å². The summed E-state index contributed by atoms with van der Waals surface area (Å²) in [6.07, 6.45) is 2.66. The molecule has 0 atom stereocenters. The predicted octanol–water partition coefficient (Wildman–Crippen LogP) is 1.04. The average molecular weight is 232 g/mol. The summed E-state index contributed by atoms with van der Waals surface area (Å²) in [4.78, 5) is 22.0. The fourth-order valence-corrected chi connectivity index (χ4v) is 1.06. The predicted molar refractivity (Wildman–Crippen MR) is 57.8 cm³/mol. The Balaban J connectivity index is 3.31. The number of carbonyl (C=O) groups is 2. The van der Waals surface area contributed by atoms with E-state index in [0.717, 1.165) is 6.42 Å². The summed E-state index contributed by atoms with van der Waals surface area (Å²) in [5.74, 6) is -0.554. The largest absolute Gasteiger partial charge is 0.466 e. The zero-order chi connectivity index (χ0) is 12.2. The maximum absolute atomic E-state index is 11.0. The van der Waals surface area contributed by atoms with Crippen LogP contribution in [0.4, 0.5) is 0 Å². The molecule has 0 radical (unpaired) electrons. The molecular weight excluding hydrogens is 212 g/mol. The van der Waals surface area contributed by atoms with Gasteiger partial charge < -0.3 is 14.6 Å². The summed E-state index contributed by atoms with van der Waals surface area (Å²) in [6, 6.07) is 0. The van der Waals surface area contributed by atoms with Gasteiger partial charge in [0, 0.05) is 12.8 Å². The van der Waals surface area contributed by atoms with Crippen LogP contribution in [0.25, 0.3) is 0 Å². The third-order valence-electron chi connectivity index (χ3n) is 1.83. The summed E-state index contributed by atoms with van der Waals surface area (Å²) in [7, 11) is 0. The summed E-state index contributed by atoms with van der Waals surface area (Å²) in [6.45, 7) is 2.27.